The molecule has 0 aliphatic carbocycles. The van der Waals surface area contributed by atoms with Gasteiger partial charge in [0.2, 0.25) is 0 Å². The van der Waals surface area contributed by atoms with Gasteiger partial charge in [0, 0.05) is 19.4 Å². The SMILES string of the molecule is CCc1nnc2n1CCC(CCN)C2. The van der Waals surface area contributed by atoms with Crippen molar-refractivity contribution in [3.63, 3.8) is 0 Å². The molecule has 1 aliphatic heterocycles. The Morgan fingerprint density at radius 3 is 3.07 bits per heavy atom. The second-order valence-corrected chi connectivity index (χ2v) is 3.97. The molecule has 0 aromatic carbocycles. The van der Waals surface area contributed by atoms with Crippen molar-refractivity contribution in [2.45, 2.75) is 39.2 Å². The van der Waals surface area contributed by atoms with Crippen LogP contribution in [-0.2, 0) is 19.4 Å². The minimum atomic E-state index is 0.724. The van der Waals surface area contributed by atoms with E-state index in [0.717, 1.165) is 49.9 Å². The molecule has 0 radical (unpaired) electrons. The van der Waals surface area contributed by atoms with E-state index in [1.165, 1.54) is 6.42 Å². The van der Waals surface area contributed by atoms with Crippen LogP contribution in [0.2, 0.25) is 0 Å². The quantitative estimate of drug-likeness (QED) is 0.772. The van der Waals surface area contributed by atoms with Gasteiger partial charge in [-0.25, -0.2) is 0 Å². The van der Waals surface area contributed by atoms with Crippen LogP contribution in [0.3, 0.4) is 0 Å². The van der Waals surface area contributed by atoms with Crippen LogP contribution in [-0.4, -0.2) is 21.3 Å². The molecule has 1 aromatic rings. The monoisotopic (exact) mass is 194 g/mol. The molecular formula is C10H18N4. The first-order valence-electron chi connectivity index (χ1n) is 5.46. The minimum Gasteiger partial charge on any atom is -0.330 e. The van der Waals surface area contributed by atoms with Gasteiger partial charge in [0.05, 0.1) is 0 Å². The molecule has 1 atom stereocenters. The van der Waals surface area contributed by atoms with Crippen LogP contribution >= 0.6 is 0 Å². The maximum atomic E-state index is 5.57. The van der Waals surface area contributed by atoms with Gasteiger partial charge >= 0.3 is 0 Å². The maximum Gasteiger partial charge on any atom is 0.133 e. The molecule has 1 aromatic heterocycles. The summed E-state index contributed by atoms with van der Waals surface area (Å²) in [5.41, 5.74) is 5.57. The third-order valence-electron chi connectivity index (χ3n) is 3.03. The number of hydrogen-bond donors (Lipinski definition) is 1. The zero-order valence-corrected chi connectivity index (χ0v) is 8.74. The molecule has 78 valence electrons. The fraction of sp³-hybridized carbons (Fsp3) is 0.800. The molecule has 1 aliphatic rings. The summed E-state index contributed by atoms with van der Waals surface area (Å²) in [5, 5.41) is 8.42. The molecule has 0 saturated heterocycles. The van der Waals surface area contributed by atoms with Crippen LogP contribution in [0, 0.1) is 5.92 Å². The lowest BCUT2D eigenvalue weighted by Crippen LogP contribution is -2.22. The third-order valence-corrected chi connectivity index (χ3v) is 3.03. The lowest BCUT2D eigenvalue weighted by atomic mass is 9.94. The number of aryl methyl sites for hydroxylation is 1. The molecule has 4 heteroatoms. The fourth-order valence-electron chi connectivity index (χ4n) is 2.20. The Morgan fingerprint density at radius 2 is 2.36 bits per heavy atom. The van der Waals surface area contributed by atoms with Gasteiger partial charge in [-0.1, -0.05) is 6.92 Å². The predicted molar refractivity (Wildman–Crippen MR) is 54.9 cm³/mol. The van der Waals surface area contributed by atoms with Crippen LogP contribution in [0.15, 0.2) is 0 Å². The molecule has 2 N–H and O–H groups in total. The Morgan fingerprint density at radius 1 is 1.50 bits per heavy atom. The van der Waals surface area contributed by atoms with Crippen LogP contribution in [0.25, 0.3) is 0 Å². The summed E-state index contributed by atoms with van der Waals surface area (Å²) in [4.78, 5) is 0. The van der Waals surface area contributed by atoms with Gasteiger partial charge in [-0.2, -0.15) is 0 Å². The summed E-state index contributed by atoms with van der Waals surface area (Å²) in [7, 11) is 0. The van der Waals surface area contributed by atoms with Crippen molar-refractivity contribution in [2.75, 3.05) is 6.54 Å². The van der Waals surface area contributed by atoms with E-state index in [1.807, 2.05) is 0 Å². The molecule has 0 saturated carbocycles. The first-order valence-corrected chi connectivity index (χ1v) is 5.46. The first-order chi connectivity index (χ1) is 6.85. The van der Waals surface area contributed by atoms with E-state index in [0.29, 0.717) is 0 Å². The van der Waals surface area contributed by atoms with E-state index in [9.17, 15) is 0 Å². The number of hydrogen-bond acceptors (Lipinski definition) is 3. The minimum absolute atomic E-state index is 0.724. The summed E-state index contributed by atoms with van der Waals surface area (Å²) in [5.74, 6) is 3.01. The van der Waals surface area contributed by atoms with Crippen molar-refractivity contribution in [3.8, 4) is 0 Å². The average Bonchev–Trinajstić information content (AvgIpc) is 2.60. The summed E-state index contributed by atoms with van der Waals surface area (Å²) in [6, 6.07) is 0. The lowest BCUT2D eigenvalue weighted by molar-refractivity contribution is 0.361. The number of nitrogens with zero attached hydrogens (tertiary/aromatic N) is 3. The van der Waals surface area contributed by atoms with E-state index in [1.54, 1.807) is 0 Å². The van der Waals surface area contributed by atoms with Crippen LogP contribution in [0.4, 0.5) is 0 Å². The Hall–Kier alpha value is -0.900. The summed E-state index contributed by atoms with van der Waals surface area (Å²) in [6.45, 7) is 4.00. The van der Waals surface area contributed by atoms with Crippen molar-refractivity contribution >= 4 is 0 Å². The first kappa shape index (κ1) is 9.65. The van der Waals surface area contributed by atoms with Gasteiger partial charge in [-0.3, -0.25) is 0 Å². The number of fused-ring (bicyclic) bond motifs is 1. The summed E-state index contributed by atoms with van der Waals surface area (Å²) >= 11 is 0. The van der Waals surface area contributed by atoms with Crippen LogP contribution in [0.1, 0.15) is 31.4 Å². The second-order valence-electron chi connectivity index (χ2n) is 3.97. The van der Waals surface area contributed by atoms with Crippen molar-refractivity contribution in [1.82, 2.24) is 14.8 Å². The van der Waals surface area contributed by atoms with E-state index in [2.05, 4.69) is 21.7 Å². The summed E-state index contributed by atoms with van der Waals surface area (Å²) < 4.78 is 2.27. The maximum absolute atomic E-state index is 5.57. The largest absolute Gasteiger partial charge is 0.330 e. The highest BCUT2D eigenvalue weighted by atomic mass is 15.3. The Labute approximate surface area is 84.5 Å². The fourth-order valence-corrected chi connectivity index (χ4v) is 2.20. The number of aromatic nitrogens is 3. The highest BCUT2D eigenvalue weighted by molar-refractivity contribution is 5.00. The molecule has 2 rings (SSSR count). The zero-order valence-electron chi connectivity index (χ0n) is 8.74. The standard InChI is InChI=1S/C10H18N4/c1-2-9-12-13-10-7-8(3-5-11)4-6-14(9)10/h8H,2-7,11H2,1H3. The lowest BCUT2D eigenvalue weighted by Gasteiger charge is -2.22. The molecule has 2 heterocycles. The number of rotatable bonds is 3. The topological polar surface area (TPSA) is 56.7 Å². The second kappa shape index (κ2) is 4.09. The van der Waals surface area contributed by atoms with E-state index in [4.69, 9.17) is 5.73 Å². The van der Waals surface area contributed by atoms with Crippen molar-refractivity contribution in [3.05, 3.63) is 11.6 Å². The van der Waals surface area contributed by atoms with Gasteiger partial charge in [0.25, 0.3) is 0 Å². The molecule has 14 heavy (non-hydrogen) atoms. The van der Waals surface area contributed by atoms with Gasteiger partial charge in [0.1, 0.15) is 11.6 Å². The Balaban J connectivity index is 2.12. The van der Waals surface area contributed by atoms with Crippen molar-refractivity contribution in [2.24, 2.45) is 11.7 Å². The molecule has 4 nitrogen and oxygen atoms in total. The molecule has 0 fully saturated rings. The molecule has 0 amide bonds. The van der Waals surface area contributed by atoms with Crippen LogP contribution < -0.4 is 5.73 Å². The van der Waals surface area contributed by atoms with Gasteiger partial charge < -0.3 is 10.3 Å². The average molecular weight is 194 g/mol. The molecular weight excluding hydrogens is 176 g/mol. The van der Waals surface area contributed by atoms with E-state index >= 15 is 0 Å². The molecule has 0 spiro atoms. The highest BCUT2D eigenvalue weighted by Crippen LogP contribution is 2.22. The van der Waals surface area contributed by atoms with E-state index < -0.39 is 0 Å². The van der Waals surface area contributed by atoms with Gasteiger partial charge in [-0.05, 0) is 25.3 Å². The van der Waals surface area contributed by atoms with Crippen LogP contribution in [0.5, 0.6) is 0 Å². The summed E-state index contributed by atoms with van der Waals surface area (Å²) in [6.07, 6.45) is 4.39. The number of nitrogens with two attached hydrogens (primary N) is 1. The van der Waals surface area contributed by atoms with Crippen molar-refractivity contribution < 1.29 is 0 Å². The van der Waals surface area contributed by atoms with Gasteiger partial charge in [-0.15, -0.1) is 10.2 Å². The van der Waals surface area contributed by atoms with Gasteiger partial charge in [0.15, 0.2) is 0 Å². The van der Waals surface area contributed by atoms with Crippen molar-refractivity contribution in [1.29, 1.82) is 0 Å². The molecule has 1 unspecified atom stereocenters. The Kier molecular flexibility index (Phi) is 2.82. The normalized spacial score (nSPS) is 20.9. The Bertz CT molecular complexity index is 305. The van der Waals surface area contributed by atoms with E-state index in [-0.39, 0.29) is 0 Å². The third kappa shape index (κ3) is 1.66. The zero-order chi connectivity index (χ0) is 9.97. The predicted octanol–water partition coefficient (Wildman–Crippen LogP) is 0.752. The highest BCUT2D eigenvalue weighted by Gasteiger charge is 2.21. The molecule has 0 bridgehead atoms. The smallest absolute Gasteiger partial charge is 0.133 e.